The summed E-state index contributed by atoms with van der Waals surface area (Å²) in [5, 5.41) is 75.6. The Morgan fingerprint density at radius 1 is 0.376 bits per heavy atom. The van der Waals surface area contributed by atoms with E-state index in [2.05, 4.69) is 15.5 Å². The second-order valence-electron chi connectivity index (χ2n) is 21.4. The molecule has 516 valence electrons. The van der Waals surface area contributed by atoms with E-state index in [0.29, 0.717) is 55.7 Å². The molecule has 0 aromatic heterocycles. The zero-order valence-electron chi connectivity index (χ0n) is 55.9. The maximum absolute atomic E-state index is 11.4. The van der Waals surface area contributed by atoms with Crippen LogP contribution >= 0.6 is 0 Å². The van der Waals surface area contributed by atoms with Crippen molar-refractivity contribution in [3.8, 4) is 63.6 Å². The Balaban J connectivity index is 0.000000199. The molecule has 0 spiro atoms. The molecule has 0 fully saturated rings. The molecule has 0 aliphatic carbocycles. The summed E-state index contributed by atoms with van der Waals surface area (Å²) in [6.45, 7) is 0. The van der Waals surface area contributed by atoms with E-state index in [9.17, 15) is 58.8 Å². The fraction of sp³-hybridized carbons (Fsp3) is 0.0875. The number of phenols is 6. The van der Waals surface area contributed by atoms with Crippen molar-refractivity contribution in [3.05, 3.63) is 295 Å². The topological polar surface area (TPSA) is 312 Å². The van der Waals surface area contributed by atoms with Gasteiger partial charge in [0.1, 0.15) is 23.0 Å². The minimum Gasteiger partial charge on any atom is -0.508 e. The number of rotatable bonds is 18. The molecule has 0 heterocycles. The van der Waals surface area contributed by atoms with Gasteiger partial charge in [0.2, 0.25) is 0 Å². The Morgan fingerprint density at radius 3 is 0.980 bits per heavy atom. The van der Waals surface area contributed by atoms with Crippen molar-refractivity contribution < 1.29 is 82.0 Å². The summed E-state index contributed by atoms with van der Waals surface area (Å²) in [6, 6.07) is 60.7. The molecule has 20 nitrogen and oxygen atoms in total. The summed E-state index contributed by atoms with van der Waals surface area (Å²) >= 11 is 0. The number of carbonyl (C=O) groups is 2. The van der Waals surface area contributed by atoms with E-state index in [-0.39, 0.29) is 52.1 Å². The lowest BCUT2D eigenvalue weighted by atomic mass is 10.1. The van der Waals surface area contributed by atoms with Gasteiger partial charge in [-0.15, -0.1) is 0 Å². The van der Waals surface area contributed by atoms with E-state index in [1.807, 2.05) is 91.1 Å². The van der Waals surface area contributed by atoms with E-state index in [0.717, 1.165) is 44.5 Å². The normalized spacial score (nSPS) is 10.8. The minimum atomic E-state index is -3.16. The summed E-state index contributed by atoms with van der Waals surface area (Å²) in [7, 11) is 5.71. The number of phenolic OH excluding ortho intramolecular Hbond substituents is 6. The molecule has 0 radical (unpaired) electrons. The number of nitrogens with zero attached hydrogens (tertiary/aromatic N) is 2. The number of ether oxygens (including phenoxy) is 6. The standard InChI is InChI=1S/C17H18O4S.C17H16O4.C16H14O4.C15H13NO4.C15H11NO2/c1-20-16-11-8-14(12-17(16)21-2)5-4-13-6-9-15(10-7-13)22(3,18)19;1-20-16-11-13(7-10-15(16)18)4-3-12-5-8-14(9-6-12)17(19)21-2;1-20-16(19)13-6-4-11(5-7-13)2-3-12-8-14(17)10-15(18)9-12;1-20-15-10-12(6-9-14(15)17)3-2-11-4-7-13(8-5-11)16(18)19;16-10-12-4-1-11(2-5-12)3-6-13-7-14(17)9-15(18)8-13/h4-12H,1-3H3;3-11,18H,1-2H3;2-10,17-18H,1H3;2-10,17H,1H3;1-9,17-18H. The zero-order valence-corrected chi connectivity index (χ0v) is 56.7. The second-order valence-corrected chi connectivity index (χ2v) is 23.4. The smallest absolute Gasteiger partial charge is 0.337 e. The number of methoxy groups -OCH3 is 6. The number of hydrogen-bond donors (Lipinski definition) is 6. The van der Waals surface area contributed by atoms with Gasteiger partial charge >= 0.3 is 11.9 Å². The highest BCUT2D eigenvalue weighted by atomic mass is 32.2. The molecule has 0 amide bonds. The summed E-state index contributed by atoms with van der Waals surface area (Å²) in [5.41, 5.74) is 10.3. The van der Waals surface area contributed by atoms with Crippen molar-refractivity contribution >= 4 is 88.2 Å². The lowest BCUT2D eigenvalue weighted by Crippen LogP contribution is -2.00. The molecule has 0 aliphatic rings. The van der Waals surface area contributed by atoms with Gasteiger partial charge in [0.25, 0.3) is 5.69 Å². The average molecular weight is 1380 g/mol. The molecule has 21 heteroatoms. The van der Waals surface area contributed by atoms with Crippen molar-refractivity contribution in [2.24, 2.45) is 0 Å². The number of non-ortho nitro benzene ring substituents is 1. The van der Waals surface area contributed by atoms with Gasteiger partial charge < -0.3 is 59.1 Å². The number of benzene rings is 10. The number of carbonyl (C=O) groups excluding carboxylic acids is 2. The van der Waals surface area contributed by atoms with Gasteiger partial charge in [0.15, 0.2) is 44.3 Å². The molecule has 0 saturated heterocycles. The average Bonchev–Trinajstić information content (AvgIpc) is 0.900. The van der Waals surface area contributed by atoms with E-state index < -0.39 is 14.8 Å². The fourth-order valence-corrected chi connectivity index (χ4v) is 9.47. The van der Waals surface area contributed by atoms with Crippen LogP contribution in [0.1, 0.15) is 81.9 Å². The van der Waals surface area contributed by atoms with Gasteiger partial charge in [-0.2, -0.15) is 5.26 Å². The predicted octanol–water partition coefficient (Wildman–Crippen LogP) is 16.3. The van der Waals surface area contributed by atoms with Gasteiger partial charge in [-0.25, -0.2) is 18.0 Å². The SMILES string of the molecule is COC(=O)c1ccc(C=Cc2cc(O)cc(O)c2)cc1.COC(=O)c1ccc(C=Cc2ccc(O)c(OC)c2)cc1.COc1cc(C=Cc2ccc([N+](=O)[O-])cc2)ccc1O.COc1ccc(C=Cc2ccc(S(C)(=O)=O)cc2)cc1OC.N#Cc1ccc(C=Cc2cc(O)cc(O)c2)cc1. The van der Waals surface area contributed by atoms with E-state index in [4.69, 9.17) is 24.2 Å². The first-order valence-corrected chi connectivity index (χ1v) is 32.2. The highest BCUT2D eigenvalue weighted by Crippen LogP contribution is 2.31. The Morgan fingerprint density at radius 2 is 0.663 bits per heavy atom. The number of nitro groups is 1. The van der Waals surface area contributed by atoms with Gasteiger partial charge in [-0.1, -0.05) is 127 Å². The van der Waals surface area contributed by atoms with Gasteiger partial charge in [-0.05, 0) is 177 Å². The van der Waals surface area contributed by atoms with Gasteiger partial charge in [-0.3, -0.25) is 10.1 Å². The van der Waals surface area contributed by atoms with Crippen LogP contribution in [0.15, 0.2) is 217 Å². The fourth-order valence-electron chi connectivity index (χ4n) is 8.84. The van der Waals surface area contributed by atoms with Crippen LogP contribution in [0.25, 0.3) is 60.8 Å². The first-order chi connectivity index (χ1) is 48.4. The molecular weight excluding hydrogens is 1310 g/mol. The quantitative estimate of drug-likeness (QED) is 0.0201. The second kappa shape index (κ2) is 38.4. The zero-order chi connectivity index (χ0) is 73.4. The first kappa shape index (κ1) is 76.7. The molecule has 101 heavy (non-hydrogen) atoms. The maximum Gasteiger partial charge on any atom is 0.337 e. The van der Waals surface area contributed by atoms with Crippen LogP contribution in [0.2, 0.25) is 0 Å². The highest BCUT2D eigenvalue weighted by Gasteiger charge is 2.10. The Hall–Kier alpha value is -13.3. The summed E-state index contributed by atoms with van der Waals surface area (Å²) < 4.78 is 52.6. The number of nitro benzene ring substituents is 1. The molecule has 0 aliphatic heterocycles. The lowest BCUT2D eigenvalue weighted by molar-refractivity contribution is -0.384. The monoisotopic (exact) mass is 1380 g/mol. The molecule has 10 aromatic rings. The third-order valence-corrected chi connectivity index (χ3v) is 15.3. The Kier molecular flexibility index (Phi) is 29.2. The van der Waals surface area contributed by atoms with Crippen LogP contribution in [0, 0.1) is 21.4 Å². The largest absolute Gasteiger partial charge is 0.508 e. The van der Waals surface area contributed by atoms with Crippen molar-refractivity contribution in [3.63, 3.8) is 0 Å². The van der Waals surface area contributed by atoms with Crippen molar-refractivity contribution in [2.45, 2.75) is 4.90 Å². The van der Waals surface area contributed by atoms with Crippen LogP contribution < -0.4 is 18.9 Å². The highest BCUT2D eigenvalue weighted by molar-refractivity contribution is 7.90. The Bertz CT molecular complexity index is 4710. The summed E-state index contributed by atoms with van der Waals surface area (Å²) in [5.74, 6) is 1.69. The molecule has 0 unspecified atom stereocenters. The molecule has 0 saturated carbocycles. The van der Waals surface area contributed by atoms with Crippen LogP contribution in [-0.2, 0) is 19.3 Å². The van der Waals surface area contributed by atoms with Gasteiger partial charge in [0.05, 0.1) is 75.2 Å². The lowest BCUT2D eigenvalue weighted by Gasteiger charge is -2.07. The third-order valence-electron chi connectivity index (χ3n) is 14.1. The molecular formula is C80H72N2O18S. The summed E-state index contributed by atoms with van der Waals surface area (Å²) in [4.78, 5) is 33.0. The van der Waals surface area contributed by atoms with E-state index in [1.54, 1.807) is 172 Å². The maximum atomic E-state index is 11.4. The number of aromatic hydroxyl groups is 6. The van der Waals surface area contributed by atoms with Crippen molar-refractivity contribution in [1.29, 1.82) is 5.26 Å². The number of esters is 2. The number of sulfone groups is 1. The van der Waals surface area contributed by atoms with Crippen LogP contribution in [-0.4, -0.2) is 105 Å². The predicted molar refractivity (Wildman–Crippen MR) is 392 cm³/mol. The summed E-state index contributed by atoms with van der Waals surface area (Å²) in [6.07, 6.45) is 19.7. The van der Waals surface area contributed by atoms with E-state index >= 15 is 0 Å². The first-order valence-electron chi connectivity index (χ1n) is 30.3. The molecule has 6 N–H and O–H groups in total. The molecule has 0 atom stereocenters. The number of hydrogen-bond acceptors (Lipinski definition) is 19. The number of nitriles is 1. The van der Waals surface area contributed by atoms with Crippen LogP contribution in [0.3, 0.4) is 0 Å². The van der Waals surface area contributed by atoms with Gasteiger partial charge in [0, 0.05) is 30.5 Å². The van der Waals surface area contributed by atoms with Crippen LogP contribution in [0.4, 0.5) is 5.69 Å². The third kappa shape index (κ3) is 25.3. The van der Waals surface area contributed by atoms with Crippen molar-refractivity contribution in [2.75, 3.05) is 48.9 Å². The molecule has 10 rings (SSSR count). The Labute approximate surface area is 584 Å². The van der Waals surface area contributed by atoms with E-state index in [1.165, 1.54) is 59.0 Å². The molecule has 10 aromatic carbocycles. The van der Waals surface area contributed by atoms with Crippen molar-refractivity contribution in [1.82, 2.24) is 0 Å². The van der Waals surface area contributed by atoms with Crippen LogP contribution in [0.5, 0.6) is 57.5 Å². The molecule has 0 bridgehead atoms. The minimum absolute atomic E-state index is 0.00527.